The summed E-state index contributed by atoms with van der Waals surface area (Å²) in [5.41, 5.74) is 0.898. The molecule has 0 aliphatic rings. The largest absolute Gasteiger partial charge is 0.494 e. The van der Waals surface area contributed by atoms with Crippen LogP contribution in [0.5, 0.6) is 11.5 Å². The van der Waals surface area contributed by atoms with Crippen molar-refractivity contribution in [3.8, 4) is 17.2 Å². The molecule has 1 N–H and O–H groups in total. The summed E-state index contributed by atoms with van der Waals surface area (Å²) < 4.78 is 12.7. The molecule has 0 aliphatic heterocycles. The summed E-state index contributed by atoms with van der Waals surface area (Å²) in [6.07, 6.45) is 4.54. The van der Waals surface area contributed by atoms with Gasteiger partial charge in [-0.15, -0.1) is 0 Å². The van der Waals surface area contributed by atoms with Crippen molar-refractivity contribution in [3.63, 3.8) is 0 Å². The Bertz CT molecular complexity index is 511. The van der Waals surface area contributed by atoms with Crippen LogP contribution in [-0.2, 0) is 0 Å². The summed E-state index contributed by atoms with van der Waals surface area (Å²) in [6.45, 7) is 1.62. The zero-order valence-electron chi connectivity index (χ0n) is 11.3. The molecule has 0 unspecified atom stereocenters. The highest BCUT2D eigenvalue weighted by atomic mass is 16.5. The lowest BCUT2D eigenvalue weighted by Crippen LogP contribution is -2.11. The van der Waals surface area contributed by atoms with Gasteiger partial charge in [-0.3, -0.25) is 0 Å². The van der Waals surface area contributed by atoms with E-state index in [0.717, 1.165) is 30.2 Å². The smallest absolute Gasteiger partial charge is 0.157 e. The first kappa shape index (κ1) is 13.4. The molecule has 2 aromatic rings. The zero-order chi connectivity index (χ0) is 13.5. The van der Waals surface area contributed by atoms with Crippen LogP contribution in [0.2, 0.25) is 0 Å². The molecule has 0 saturated carbocycles. The van der Waals surface area contributed by atoms with Crippen molar-refractivity contribution in [2.75, 3.05) is 27.3 Å². The first-order valence-electron chi connectivity index (χ1n) is 6.30. The number of para-hydroxylation sites is 2. The molecule has 2 rings (SSSR count). The van der Waals surface area contributed by atoms with E-state index in [0.29, 0.717) is 6.61 Å². The second kappa shape index (κ2) is 6.80. The molecule has 1 aromatic heterocycles. The van der Waals surface area contributed by atoms with Crippen molar-refractivity contribution in [2.24, 2.45) is 0 Å². The summed E-state index contributed by atoms with van der Waals surface area (Å²) >= 11 is 0. The first-order chi connectivity index (χ1) is 9.35. The van der Waals surface area contributed by atoms with Crippen LogP contribution in [0.4, 0.5) is 0 Å². The summed E-state index contributed by atoms with van der Waals surface area (Å²) in [4.78, 5) is 0. The fourth-order valence-corrected chi connectivity index (χ4v) is 1.77. The summed E-state index contributed by atoms with van der Waals surface area (Å²) in [5.74, 6) is 1.55. The highest BCUT2D eigenvalue weighted by Crippen LogP contribution is 2.23. The third-order valence-electron chi connectivity index (χ3n) is 2.73. The van der Waals surface area contributed by atoms with Crippen LogP contribution in [0, 0.1) is 0 Å². The molecule has 1 aromatic carbocycles. The van der Waals surface area contributed by atoms with E-state index in [1.165, 1.54) is 0 Å². The molecule has 0 aliphatic carbocycles. The maximum atomic E-state index is 5.62. The van der Waals surface area contributed by atoms with Crippen molar-refractivity contribution in [1.29, 1.82) is 0 Å². The minimum atomic E-state index is 0.679. The average molecular weight is 261 g/mol. The maximum Gasteiger partial charge on any atom is 0.157 e. The van der Waals surface area contributed by atoms with Gasteiger partial charge in [-0.25, -0.2) is 4.68 Å². The van der Waals surface area contributed by atoms with Gasteiger partial charge >= 0.3 is 0 Å². The maximum absolute atomic E-state index is 5.62. The number of benzene rings is 1. The van der Waals surface area contributed by atoms with Gasteiger partial charge in [0.2, 0.25) is 0 Å². The molecule has 102 valence electrons. The van der Waals surface area contributed by atoms with E-state index in [9.17, 15) is 0 Å². The molecule has 5 heteroatoms. The highest BCUT2D eigenvalue weighted by molar-refractivity contribution is 5.46. The lowest BCUT2D eigenvalue weighted by molar-refractivity contribution is 0.309. The van der Waals surface area contributed by atoms with Gasteiger partial charge in [0.15, 0.2) is 5.75 Å². The first-order valence-corrected chi connectivity index (χ1v) is 6.30. The molecule has 0 saturated heterocycles. The van der Waals surface area contributed by atoms with E-state index in [1.807, 2.05) is 37.5 Å². The van der Waals surface area contributed by atoms with E-state index in [1.54, 1.807) is 18.0 Å². The number of rotatable bonds is 7. The van der Waals surface area contributed by atoms with Crippen LogP contribution in [0.25, 0.3) is 5.69 Å². The average Bonchev–Trinajstić information content (AvgIpc) is 2.92. The third kappa shape index (κ3) is 3.48. The molecule has 1 heterocycles. The quantitative estimate of drug-likeness (QED) is 0.773. The number of ether oxygens (including phenoxy) is 2. The van der Waals surface area contributed by atoms with Crippen molar-refractivity contribution in [2.45, 2.75) is 6.42 Å². The fourth-order valence-electron chi connectivity index (χ4n) is 1.77. The van der Waals surface area contributed by atoms with Gasteiger partial charge in [0, 0.05) is 0 Å². The van der Waals surface area contributed by atoms with Gasteiger partial charge in [-0.05, 0) is 32.1 Å². The summed E-state index contributed by atoms with van der Waals surface area (Å²) in [6, 6.07) is 7.75. The molecule has 0 fully saturated rings. The Morgan fingerprint density at radius 1 is 1.32 bits per heavy atom. The fraction of sp³-hybridized carbons (Fsp3) is 0.357. The van der Waals surface area contributed by atoms with Crippen LogP contribution in [0.3, 0.4) is 0 Å². The predicted molar refractivity (Wildman–Crippen MR) is 74.2 cm³/mol. The minimum Gasteiger partial charge on any atom is -0.494 e. The van der Waals surface area contributed by atoms with Gasteiger partial charge < -0.3 is 14.8 Å². The van der Waals surface area contributed by atoms with E-state index < -0.39 is 0 Å². The molecular formula is C14H19N3O2. The van der Waals surface area contributed by atoms with Crippen LogP contribution >= 0.6 is 0 Å². The van der Waals surface area contributed by atoms with Crippen molar-refractivity contribution < 1.29 is 9.47 Å². The number of methoxy groups -OCH3 is 1. The molecule has 19 heavy (non-hydrogen) atoms. The Hall–Kier alpha value is -2.01. The predicted octanol–water partition coefficient (Wildman–Crippen LogP) is 1.87. The van der Waals surface area contributed by atoms with Crippen molar-refractivity contribution in [3.05, 3.63) is 36.7 Å². The Labute approximate surface area is 113 Å². The Morgan fingerprint density at radius 2 is 2.16 bits per heavy atom. The van der Waals surface area contributed by atoms with E-state index in [2.05, 4.69) is 10.4 Å². The van der Waals surface area contributed by atoms with Crippen molar-refractivity contribution in [1.82, 2.24) is 15.1 Å². The minimum absolute atomic E-state index is 0.679. The van der Waals surface area contributed by atoms with Gasteiger partial charge in [0.25, 0.3) is 0 Å². The van der Waals surface area contributed by atoms with Crippen LogP contribution in [0.1, 0.15) is 6.42 Å². The van der Waals surface area contributed by atoms with E-state index >= 15 is 0 Å². The number of nitrogens with one attached hydrogen (secondary N) is 1. The zero-order valence-corrected chi connectivity index (χ0v) is 11.3. The lowest BCUT2D eigenvalue weighted by atomic mass is 10.3. The molecule has 0 amide bonds. The van der Waals surface area contributed by atoms with E-state index in [4.69, 9.17) is 9.47 Å². The van der Waals surface area contributed by atoms with Crippen LogP contribution in [-0.4, -0.2) is 37.1 Å². The molecule has 5 nitrogen and oxygen atoms in total. The van der Waals surface area contributed by atoms with Crippen molar-refractivity contribution >= 4 is 0 Å². The molecule has 0 spiro atoms. The second-order valence-corrected chi connectivity index (χ2v) is 4.10. The Morgan fingerprint density at radius 3 is 2.95 bits per heavy atom. The van der Waals surface area contributed by atoms with Gasteiger partial charge in [0.1, 0.15) is 11.4 Å². The Balaban J connectivity index is 2.04. The van der Waals surface area contributed by atoms with E-state index in [-0.39, 0.29) is 0 Å². The SMILES string of the molecule is CNCCCOc1cnn(-c2ccccc2OC)c1. The molecule has 0 atom stereocenters. The number of nitrogens with zero attached hydrogens (tertiary/aromatic N) is 2. The lowest BCUT2D eigenvalue weighted by Gasteiger charge is -2.07. The van der Waals surface area contributed by atoms with Gasteiger partial charge in [0.05, 0.1) is 26.1 Å². The Kier molecular flexibility index (Phi) is 4.80. The number of aromatic nitrogens is 2. The van der Waals surface area contributed by atoms with Crippen LogP contribution < -0.4 is 14.8 Å². The van der Waals surface area contributed by atoms with Gasteiger partial charge in [-0.2, -0.15) is 5.10 Å². The topological polar surface area (TPSA) is 48.3 Å². The van der Waals surface area contributed by atoms with Gasteiger partial charge in [-0.1, -0.05) is 12.1 Å². The number of hydrogen-bond acceptors (Lipinski definition) is 4. The number of hydrogen-bond donors (Lipinski definition) is 1. The molecule has 0 radical (unpaired) electrons. The molecular weight excluding hydrogens is 242 g/mol. The highest BCUT2D eigenvalue weighted by Gasteiger charge is 2.06. The monoisotopic (exact) mass is 261 g/mol. The second-order valence-electron chi connectivity index (χ2n) is 4.10. The summed E-state index contributed by atoms with van der Waals surface area (Å²) in [7, 11) is 3.58. The third-order valence-corrected chi connectivity index (χ3v) is 2.73. The molecule has 0 bridgehead atoms. The van der Waals surface area contributed by atoms with Crippen LogP contribution in [0.15, 0.2) is 36.7 Å². The summed E-state index contributed by atoms with van der Waals surface area (Å²) in [5, 5.41) is 7.37. The standard InChI is InChI=1S/C14H19N3O2/c1-15-8-5-9-19-12-10-16-17(11-12)13-6-3-4-7-14(13)18-2/h3-4,6-7,10-11,15H,5,8-9H2,1-2H3. The normalized spacial score (nSPS) is 10.4.